The number of hydrogen-bond donors (Lipinski definition) is 0. The topological polar surface area (TPSA) is 29.5 Å². The lowest BCUT2D eigenvalue weighted by molar-refractivity contribution is -0.131. The fourth-order valence-electron chi connectivity index (χ4n) is 4.61. The highest BCUT2D eigenvalue weighted by atomic mass is 16.5. The Labute approximate surface area is 176 Å². The molecule has 2 aromatic rings. The lowest BCUT2D eigenvalue weighted by Gasteiger charge is -2.40. The van der Waals surface area contributed by atoms with E-state index >= 15 is 0 Å². The van der Waals surface area contributed by atoms with Crippen LogP contribution in [0.2, 0.25) is 0 Å². The van der Waals surface area contributed by atoms with Gasteiger partial charge in [-0.15, -0.1) is 0 Å². The van der Waals surface area contributed by atoms with Crippen LogP contribution in [0.1, 0.15) is 63.5 Å². The number of rotatable bonds is 8. The summed E-state index contributed by atoms with van der Waals surface area (Å²) in [4.78, 5) is 14.7. The molecule has 1 heterocycles. The molecular formula is C26H35NO2. The van der Waals surface area contributed by atoms with Gasteiger partial charge < -0.3 is 9.64 Å². The molecule has 29 heavy (non-hydrogen) atoms. The van der Waals surface area contributed by atoms with Gasteiger partial charge in [0.15, 0.2) is 0 Å². The lowest BCUT2D eigenvalue weighted by Crippen LogP contribution is -2.37. The third-order valence-electron chi connectivity index (χ3n) is 6.11. The van der Waals surface area contributed by atoms with Crippen LogP contribution in [-0.4, -0.2) is 29.6 Å². The van der Waals surface area contributed by atoms with Gasteiger partial charge in [-0.3, -0.25) is 4.79 Å². The zero-order chi connectivity index (χ0) is 20.7. The van der Waals surface area contributed by atoms with Gasteiger partial charge in [-0.05, 0) is 56.1 Å². The van der Waals surface area contributed by atoms with Crippen molar-refractivity contribution in [2.45, 2.75) is 64.5 Å². The second-order valence-electron chi connectivity index (χ2n) is 8.82. The largest absolute Gasteiger partial charge is 0.376 e. The summed E-state index contributed by atoms with van der Waals surface area (Å²) < 4.78 is 5.98. The van der Waals surface area contributed by atoms with Crippen LogP contribution in [0, 0.1) is 5.92 Å². The predicted molar refractivity (Wildman–Crippen MR) is 119 cm³/mol. The zero-order valence-corrected chi connectivity index (χ0v) is 18.1. The van der Waals surface area contributed by atoms with Crippen molar-refractivity contribution < 1.29 is 9.53 Å². The summed E-state index contributed by atoms with van der Waals surface area (Å²) in [6.45, 7) is 8.65. The van der Waals surface area contributed by atoms with E-state index in [-0.39, 0.29) is 11.5 Å². The van der Waals surface area contributed by atoms with Crippen molar-refractivity contribution in [1.29, 1.82) is 0 Å². The summed E-state index contributed by atoms with van der Waals surface area (Å²) in [7, 11) is 0. The molecule has 0 saturated carbocycles. The van der Waals surface area contributed by atoms with Crippen molar-refractivity contribution in [2.75, 3.05) is 13.2 Å². The Kier molecular flexibility index (Phi) is 7.49. The van der Waals surface area contributed by atoms with E-state index in [1.165, 1.54) is 11.1 Å². The van der Waals surface area contributed by atoms with Gasteiger partial charge in [0.1, 0.15) is 0 Å². The average Bonchev–Trinajstić information content (AvgIpc) is 2.73. The summed E-state index contributed by atoms with van der Waals surface area (Å²) in [5, 5.41) is 0. The first-order valence-corrected chi connectivity index (χ1v) is 11.0. The Morgan fingerprint density at radius 1 is 1.10 bits per heavy atom. The van der Waals surface area contributed by atoms with E-state index in [0.717, 1.165) is 32.4 Å². The quantitative estimate of drug-likeness (QED) is 0.567. The molecule has 1 amide bonds. The van der Waals surface area contributed by atoms with Crippen molar-refractivity contribution in [3.8, 4) is 0 Å². The monoisotopic (exact) mass is 393 g/mol. The molecule has 0 radical (unpaired) electrons. The smallest absolute Gasteiger partial charge is 0.222 e. The summed E-state index contributed by atoms with van der Waals surface area (Å²) in [5.41, 5.74) is 2.51. The average molecular weight is 394 g/mol. The van der Waals surface area contributed by atoms with E-state index in [0.29, 0.717) is 24.8 Å². The molecule has 1 aliphatic rings. The fourth-order valence-corrected chi connectivity index (χ4v) is 4.61. The van der Waals surface area contributed by atoms with Crippen LogP contribution < -0.4 is 0 Å². The van der Waals surface area contributed by atoms with Crippen molar-refractivity contribution in [3.63, 3.8) is 0 Å². The molecule has 2 atom stereocenters. The first-order valence-electron chi connectivity index (χ1n) is 11.0. The Morgan fingerprint density at radius 2 is 1.76 bits per heavy atom. The van der Waals surface area contributed by atoms with E-state index in [4.69, 9.17) is 4.74 Å². The molecule has 1 saturated heterocycles. The number of ether oxygens (including phenoxy) is 1. The van der Waals surface area contributed by atoms with E-state index in [2.05, 4.69) is 56.3 Å². The molecule has 0 bridgehead atoms. The molecule has 1 fully saturated rings. The van der Waals surface area contributed by atoms with Gasteiger partial charge in [-0.25, -0.2) is 0 Å². The number of carbonyl (C=O) groups excluding carboxylic acids is 1. The Hall–Kier alpha value is -2.13. The van der Waals surface area contributed by atoms with Crippen LogP contribution in [0.3, 0.4) is 0 Å². The van der Waals surface area contributed by atoms with Gasteiger partial charge in [-0.2, -0.15) is 0 Å². The first kappa shape index (κ1) is 21.6. The van der Waals surface area contributed by atoms with Crippen LogP contribution in [0.4, 0.5) is 0 Å². The molecule has 0 N–H and O–H groups in total. The van der Waals surface area contributed by atoms with Gasteiger partial charge in [-0.1, -0.05) is 67.6 Å². The zero-order valence-electron chi connectivity index (χ0n) is 18.1. The van der Waals surface area contributed by atoms with Crippen LogP contribution in [0.15, 0.2) is 60.7 Å². The number of carbonyl (C=O) groups is 1. The third kappa shape index (κ3) is 6.17. The lowest BCUT2D eigenvalue weighted by atomic mass is 9.75. The van der Waals surface area contributed by atoms with E-state index in [9.17, 15) is 4.79 Å². The van der Waals surface area contributed by atoms with Crippen molar-refractivity contribution in [2.24, 2.45) is 5.92 Å². The van der Waals surface area contributed by atoms with E-state index in [1.54, 1.807) is 0 Å². The normalized spacial score (nSPS) is 19.5. The molecule has 0 spiro atoms. The molecule has 3 nitrogen and oxygen atoms in total. The van der Waals surface area contributed by atoms with Crippen LogP contribution >= 0.6 is 0 Å². The second kappa shape index (κ2) is 10.1. The van der Waals surface area contributed by atoms with Crippen LogP contribution in [0.5, 0.6) is 0 Å². The maximum Gasteiger partial charge on any atom is 0.222 e. The van der Waals surface area contributed by atoms with Crippen molar-refractivity contribution in [3.05, 3.63) is 71.8 Å². The highest BCUT2D eigenvalue weighted by Gasteiger charge is 2.34. The number of nitrogens with zero attached hydrogens (tertiary/aromatic N) is 1. The van der Waals surface area contributed by atoms with Gasteiger partial charge >= 0.3 is 0 Å². The van der Waals surface area contributed by atoms with Gasteiger partial charge in [0.05, 0.1) is 5.60 Å². The highest BCUT2D eigenvalue weighted by molar-refractivity contribution is 5.75. The standard InChI is InChI=1S/C26H35NO2/c1-4-25(28)27(20-21-11-7-5-8-12-21)17-15-24(22-13-9-6-10-14-22)23-16-18-29-26(2,3)19-23/h5-14,23-24H,4,15-20H2,1-3H3/t23-,24+/m1/s1. The minimum absolute atomic E-state index is 0.0705. The summed E-state index contributed by atoms with van der Waals surface area (Å²) in [6, 6.07) is 21.1. The highest BCUT2D eigenvalue weighted by Crippen LogP contribution is 2.40. The summed E-state index contributed by atoms with van der Waals surface area (Å²) in [5.74, 6) is 1.26. The van der Waals surface area contributed by atoms with Gasteiger partial charge in [0.25, 0.3) is 0 Å². The predicted octanol–water partition coefficient (Wildman–Crippen LogP) is 5.80. The number of hydrogen-bond acceptors (Lipinski definition) is 2. The molecular weight excluding hydrogens is 358 g/mol. The van der Waals surface area contributed by atoms with Gasteiger partial charge in [0.2, 0.25) is 5.91 Å². The molecule has 156 valence electrons. The SMILES string of the molecule is CCC(=O)N(CC[C@@H](c1ccccc1)[C@@H]1CCOC(C)(C)C1)Cc1ccccc1. The Bertz CT molecular complexity index is 757. The van der Waals surface area contributed by atoms with E-state index in [1.807, 2.05) is 30.0 Å². The van der Waals surface area contributed by atoms with Crippen molar-refractivity contribution in [1.82, 2.24) is 4.90 Å². The van der Waals surface area contributed by atoms with Gasteiger partial charge in [0, 0.05) is 26.1 Å². The maximum absolute atomic E-state index is 12.7. The summed E-state index contributed by atoms with van der Waals surface area (Å²) in [6.07, 6.45) is 3.69. The third-order valence-corrected chi connectivity index (χ3v) is 6.11. The fraction of sp³-hybridized carbons (Fsp3) is 0.500. The first-order chi connectivity index (χ1) is 14.0. The van der Waals surface area contributed by atoms with E-state index < -0.39 is 0 Å². The molecule has 2 aromatic carbocycles. The second-order valence-corrected chi connectivity index (χ2v) is 8.82. The molecule has 3 heteroatoms. The molecule has 0 unspecified atom stereocenters. The van der Waals surface area contributed by atoms with Crippen molar-refractivity contribution >= 4 is 5.91 Å². The Balaban J connectivity index is 1.76. The number of benzene rings is 2. The minimum Gasteiger partial charge on any atom is -0.376 e. The minimum atomic E-state index is -0.0705. The summed E-state index contributed by atoms with van der Waals surface area (Å²) >= 11 is 0. The number of amides is 1. The maximum atomic E-state index is 12.7. The van der Waals surface area contributed by atoms with Crippen LogP contribution in [-0.2, 0) is 16.1 Å². The molecule has 0 aromatic heterocycles. The molecule has 1 aliphatic heterocycles. The van der Waals surface area contributed by atoms with Crippen LogP contribution in [0.25, 0.3) is 0 Å². The Morgan fingerprint density at radius 3 is 2.38 bits per heavy atom. The molecule has 3 rings (SSSR count). The molecule has 0 aliphatic carbocycles.